The van der Waals surface area contributed by atoms with Gasteiger partial charge in [-0.15, -0.1) is 10.2 Å². The molecule has 3 aromatic rings. The number of thioether (sulfide) groups is 1. The molecule has 1 aliphatic carbocycles. The molecule has 1 aromatic heterocycles. The third-order valence-electron chi connectivity index (χ3n) is 4.18. The van der Waals surface area contributed by atoms with E-state index in [4.69, 9.17) is 0 Å². The van der Waals surface area contributed by atoms with Gasteiger partial charge in [-0.1, -0.05) is 60.3 Å². The van der Waals surface area contributed by atoms with Crippen LogP contribution in [0.4, 0.5) is 4.79 Å². The molecule has 7 nitrogen and oxygen atoms in total. The van der Waals surface area contributed by atoms with Gasteiger partial charge in [0.25, 0.3) is 0 Å². The second-order valence-corrected chi connectivity index (χ2v) is 7.37. The number of hydrogen-bond donors (Lipinski definition) is 2. The highest BCUT2D eigenvalue weighted by molar-refractivity contribution is 7.99. The molecule has 3 amide bonds. The lowest BCUT2D eigenvalue weighted by Crippen LogP contribution is -2.41. The number of rotatable bonds is 6. The van der Waals surface area contributed by atoms with Gasteiger partial charge in [0.15, 0.2) is 11.0 Å². The van der Waals surface area contributed by atoms with E-state index in [1.165, 1.54) is 11.8 Å². The number of benzene rings is 2. The van der Waals surface area contributed by atoms with Gasteiger partial charge >= 0.3 is 6.03 Å². The van der Waals surface area contributed by atoms with E-state index in [-0.39, 0.29) is 17.7 Å². The van der Waals surface area contributed by atoms with Gasteiger partial charge in [0.1, 0.15) is 0 Å². The summed E-state index contributed by atoms with van der Waals surface area (Å²) in [6.45, 7) is 0. The van der Waals surface area contributed by atoms with Crippen molar-refractivity contribution in [2.75, 3.05) is 5.75 Å². The lowest BCUT2D eigenvalue weighted by molar-refractivity contribution is -0.117. The number of urea groups is 1. The highest BCUT2D eigenvalue weighted by atomic mass is 32.2. The molecule has 28 heavy (non-hydrogen) atoms. The summed E-state index contributed by atoms with van der Waals surface area (Å²) in [6, 6.07) is 19.3. The Labute approximate surface area is 166 Å². The molecule has 142 valence electrons. The van der Waals surface area contributed by atoms with Crippen molar-refractivity contribution in [3.8, 4) is 17.1 Å². The zero-order chi connectivity index (χ0) is 19.3. The smallest absolute Gasteiger partial charge is 0.321 e. The lowest BCUT2D eigenvalue weighted by Gasteiger charge is -2.10. The van der Waals surface area contributed by atoms with Crippen LogP contribution in [0.25, 0.3) is 17.1 Å². The van der Waals surface area contributed by atoms with Gasteiger partial charge < -0.3 is 5.32 Å². The molecule has 2 N–H and O–H groups in total. The topological polar surface area (TPSA) is 88.9 Å². The van der Waals surface area contributed by atoms with Crippen molar-refractivity contribution in [2.45, 2.75) is 24.0 Å². The Morgan fingerprint density at radius 2 is 1.68 bits per heavy atom. The minimum absolute atomic E-state index is 0.0673. The predicted octanol–water partition coefficient (Wildman–Crippen LogP) is 3.01. The van der Waals surface area contributed by atoms with E-state index in [9.17, 15) is 9.59 Å². The van der Waals surface area contributed by atoms with Crippen LogP contribution in [0.5, 0.6) is 0 Å². The summed E-state index contributed by atoms with van der Waals surface area (Å²) in [4.78, 5) is 23.8. The van der Waals surface area contributed by atoms with Crippen LogP contribution in [-0.4, -0.2) is 38.5 Å². The zero-order valence-electron chi connectivity index (χ0n) is 15.0. The van der Waals surface area contributed by atoms with E-state index in [2.05, 4.69) is 20.8 Å². The van der Waals surface area contributed by atoms with Gasteiger partial charge in [0.05, 0.1) is 5.75 Å². The van der Waals surface area contributed by atoms with Crippen LogP contribution in [0, 0.1) is 0 Å². The first-order valence-corrected chi connectivity index (χ1v) is 9.98. The molecule has 1 saturated carbocycles. The maximum Gasteiger partial charge on any atom is 0.321 e. The highest BCUT2D eigenvalue weighted by Gasteiger charge is 2.24. The van der Waals surface area contributed by atoms with Crippen molar-refractivity contribution in [3.05, 3.63) is 60.7 Å². The monoisotopic (exact) mass is 393 g/mol. The number of para-hydroxylation sites is 1. The number of carbonyl (C=O) groups is 2. The van der Waals surface area contributed by atoms with Crippen LogP contribution in [0.2, 0.25) is 0 Å². The third kappa shape index (κ3) is 4.40. The highest BCUT2D eigenvalue weighted by Crippen LogP contribution is 2.27. The number of aromatic nitrogens is 3. The first-order valence-electron chi connectivity index (χ1n) is 9.00. The quantitative estimate of drug-likeness (QED) is 0.629. The van der Waals surface area contributed by atoms with Gasteiger partial charge in [0, 0.05) is 17.3 Å². The molecule has 8 heteroatoms. The van der Waals surface area contributed by atoms with Crippen LogP contribution in [0.3, 0.4) is 0 Å². The third-order valence-corrected chi connectivity index (χ3v) is 5.11. The number of imide groups is 1. The molecule has 0 atom stereocenters. The molecule has 0 spiro atoms. The summed E-state index contributed by atoms with van der Waals surface area (Å²) in [5.74, 6) is 0.394. The van der Waals surface area contributed by atoms with Gasteiger partial charge in [0.2, 0.25) is 5.91 Å². The van der Waals surface area contributed by atoms with Gasteiger partial charge in [-0.3, -0.25) is 14.7 Å². The standard InChI is InChI=1S/C20H19N5O2S/c26-17(22-19(27)21-15-11-12-15)13-28-20-24-23-18(14-7-3-1-4-8-14)25(20)16-9-5-2-6-10-16/h1-10,15H,11-13H2,(H2,21,22,26,27). The Bertz CT molecular complexity index is 971. The van der Waals surface area contributed by atoms with E-state index in [1.807, 2.05) is 65.2 Å². The second-order valence-electron chi connectivity index (χ2n) is 6.43. The maximum atomic E-state index is 12.1. The van der Waals surface area contributed by atoms with Crippen LogP contribution in [-0.2, 0) is 4.79 Å². The molecule has 0 unspecified atom stereocenters. The van der Waals surface area contributed by atoms with Gasteiger partial charge in [-0.25, -0.2) is 4.79 Å². The Morgan fingerprint density at radius 1 is 1.00 bits per heavy atom. The summed E-state index contributed by atoms with van der Waals surface area (Å²) in [5, 5.41) is 14.3. The lowest BCUT2D eigenvalue weighted by atomic mass is 10.2. The second kappa shape index (κ2) is 8.26. The van der Waals surface area contributed by atoms with E-state index in [0.717, 1.165) is 24.1 Å². The van der Waals surface area contributed by atoms with E-state index in [1.54, 1.807) is 0 Å². The molecular formula is C20H19N5O2S. The van der Waals surface area contributed by atoms with E-state index >= 15 is 0 Å². The molecule has 2 aromatic carbocycles. The fourth-order valence-corrected chi connectivity index (χ4v) is 3.44. The van der Waals surface area contributed by atoms with Crippen molar-refractivity contribution in [1.82, 2.24) is 25.4 Å². The Hall–Kier alpha value is -3.13. The van der Waals surface area contributed by atoms with E-state index < -0.39 is 6.03 Å². The molecule has 0 radical (unpaired) electrons. The number of amides is 3. The fraction of sp³-hybridized carbons (Fsp3) is 0.200. The molecule has 1 aliphatic rings. The predicted molar refractivity (Wildman–Crippen MR) is 107 cm³/mol. The first kappa shape index (κ1) is 18.2. The maximum absolute atomic E-state index is 12.1. The first-order chi connectivity index (χ1) is 13.7. The number of nitrogens with zero attached hydrogens (tertiary/aromatic N) is 3. The summed E-state index contributed by atoms with van der Waals surface area (Å²) in [7, 11) is 0. The van der Waals surface area contributed by atoms with Gasteiger partial charge in [-0.05, 0) is 25.0 Å². The molecule has 0 aliphatic heterocycles. The summed E-state index contributed by atoms with van der Waals surface area (Å²) < 4.78 is 1.91. The summed E-state index contributed by atoms with van der Waals surface area (Å²) in [5.41, 5.74) is 1.83. The van der Waals surface area contributed by atoms with Crippen LogP contribution in [0.1, 0.15) is 12.8 Å². The average Bonchev–Trinajstić information content (AvgIpc) is 3.42. The molecule has 0 bridgehead atoms. The van der Waals surface area contributed by atoms with Crippen molar-refractivity contribution in [3.63, 3.8) is 0 Å². The Kier molecular flexibility index (Phi) is 5.38. The normalized spacial score (nSPS) is 13.1. The van der Waals surface area contributed by atoms with Crippen LogP contribution < -0.4 is 10.6 Å². The van der Waals surface area contributed by atoms with Gasteiger partial charge in [-0.2, -0.15) is 0 Å². The van der Waals surface area contributed by atoms with Crippen molar-refractivity contribution in [2.24, 2.45) is 0 Å². The van der Waals surface area contributed by atoms with E-state index in [0.29, 0.717) is 11.0 Å². The molecule has 4 rings (SSSR count). The molecular weight excluding hydrogens is 374 g/mol. The minimum atomic E-state index is -0.442. The molecule has 1 heterocycles. The summed E-state index contributed by atoms with van der Waals surface area (Å²) >= 11 is 1.24. The van der Waals surface area contributed by atoms with Crippen molar-refractivity contribution in [1.29, 1.82) is 0 Å². The number of nitrogens with one attached hydrogen (secondary N) is 2. The molecule has 1 fully saturated rings. The van der Waals surface area contributed by atoms with Crippen molar-refractivity contribution >= 4 is 23.7 Å². The fourth-order valence-electron chi connectivity index (χ4n) is 2.69. The van der Waals surface area contributed by atoms with Crippen molar-refractivity contribution < 1.29 is 9.59 Å². The SMILES string of the molecule is O=C(CSc1nnc(-c2ccccc2)n1-c1ccccc1)NC(=O)NC1CC1. The van der Waals surface area contributed by atoms with Crippen LogP contribution in [0.15, 0.2) is 65.8 Å². The Balaban J connectivity index is 1.52. The zero-order valence-corrected chi connectivity index (χ0v) is 15.9. The summed E-state index contributed by atoms with van der Waals surface area (Å²) in [6.07, 6.45) is 1.94. The number of carbonyl (C=O) groups excluding carboxylic acids is 2. The van der Waals surface area contributed by atoms with Crippen LogP contribution >= 0.6 is 11.8 Å². The average molecular weight is 393 g/mol. The molecule has 0 saturated heterocycles. The minimum Gasteiger partial charge on any atom is -0.335 e. The number of hydrogen-bond acceptors (Lipinski definition) is 5. The Morgan fingerprint density at radius 3 is 2.36 bits per heavy atom. The largest absolute Gasteiger partial charge is 0.335 e.